The number of nitrogens with one attached hydrogen (secondary N) is 1. The molecule has 5 rings (SSSR count). The minimum Gasteiger partial charge on any atom is -0.400 e. The van der Waals surface area contributed by atoms with Gasteiger partial charge in [-0.05, 0) is 62.0 Å². The number of rotatable bonds is 4. The van der Waals surface area contributed by atoms with Crippen LogP contribution in [0.4, 0.5) is 5.82 Å². The van der Waals surface area contributed by atoms with Crippen molar-refractivity contribution in [1.82, 2.24) is 25.1 Å². The molecule has 3 aromatic rings. The molecule has 0 saturated carbocycles. The van der Waals surface area contributed by atoms with Crippen molar-refractivity contribution in [3.05, 3.63) is 41.3 Å². The molecule has 2 fully saturated rings. The first-order valence-electron chi connectivity index (χ1n) is 11.6. The Hall–Kier alpha value is -2.55. The Kier molecular flexibility index (Phi) is 7.34. The largest absolute Gasteiger partial charge is 0.400 e. The van der Waals surface area contributed by atoms with E-state index in [1.54, 1.807) is 0 Å². The molecule has 32 heavy (non-hydrogen) atoms. The number of ether oxygens (including phenoxy) is 1. The number of hydrogen-bond donors (Lipinski definition) is 2. The van der Waals surface area contributed by atoms with Crippen molar-refractivity contribution in [2.75, 3.05) is 51.4 Å². The molecule has 2 aliphatic heterocycles. The second-order valence-electron chi connectivity index (χ2n) is 8.30. The summed E-state index contributed by atoms with van der Waals surface area (Å²) in [5.41, 5.74) is 3.94. The van der Waals surface area contributed by atoms with Crippen LogP contribution in [0.2, 0.25) is 0 Å². The molecule has 2 aliphatic rings. The summed E-state index contributed by atoms with van der Waals surface area (Å²) in [6.07, 6.45) is 5.13. The molecule has 2 N–H and O–H groups in total. The third-order valence-corrected chi connectivity index (χ3v) is 6.35. The molecule has 0 radical (unpaired) electrons. The van der Waals surface area contributed by atoms with E-state index in [-0.39, 0.29) is 0 Å². The molecule has 0 atom stereocenters. The van der Waals surface area contributed by atoms with Crippen molar-refractivity contribution in [2.45, 2.75) is 39.0 Å². The molecule has 2 aromatic heterocycles. The second kappa shape index (κ2) is 10.4. The Morgan fingerprint density at radius 3 is 2.50 bits per heavy atom. The zero-order valence-electron chi connectivity index (χ0n) is 19.3. The van der Waals surface area contributed by atoms with Gasteiger partial charge in [0.1, 0.15) is 11.6 Å². The van der Waals surface area contributed by atoms with Crippen LogP contribution in [0.1, 0.15) is 42.6 Å². The van der Waals surface area contributed by atoms with Crippen molar-refractivity contribution in [3.8, 4) is 5.82 Å². The van der Waals surface area contributed by atoms with Crippen LogP contribution in [0.15, 0.2) is 24.4 Å². The fraction of sp³-hybridized carbons (Fsp3) is 0.542. The van der Waals surface area contributed by atoms with Crippen molar-refractivity contribution < 1.29 is 9.84 Å². The van der Waals surface area contributed by atoms with Gasteiger partial charge in [0.15, 0.2) is 5.82 Å². The molecule has 0 unspecified atom stereocenters. The van der Waals surface area contributed by atoms with Crippen LogP contribution < -0.4 is 10.2 Å². The summed E-state index contributed by atoms with van der Waals surface area (Å²) in [4.78, 5) is 11.9. The first-order chi connectivity index (χ1) is 15.7. The van der Waals surface area contributed by atoms with Crippen LogP contribution in [-0.2, 0) is 11.2 Å². The number of aromatic nitrogens is 4. The topological polar surface area (TPSA) is 88.3 Å². The smallest absolute Gasteiger partial charge is 0.159 e. The molecule has 0 amide bonds. The van der Waals surface area contributed by atoms with Crippen molar-refractivity contribution >= 4 is 16.7 Å². The Morgan fingerprint density at radius 1 is 1.06 bits per heavy atom. The Labute approximate surface area is 189 Å². The van der Waals surface area contributed by atoms with Crippen LogP contribution in [0.5, 0.6) is 0 Å². The van der Waals surface area contributed by atoms with Gasteiger partial charge in [0, 0.05) is 38.1 Å². The fourth-order valence-electron chi connectivity index (χ4n) is 4.65. The average molecular weight is 439 g/mol. The SMILES string of the molecule is CCc1nc(N2CCOCC2)cc(-n2ncc3cc(C)c(C4CCNCC4)cc32)n1.CO. The first-order valence-corrected chi connectivity index (χ1v) is 11.6. The van der Waals surface area contributed by atoms with E-state index in [4.69, 9.17) is 24.9 Å². The van der Waals surface area contributed by atoms with E-state index in [0.717, 1.165) is 81.3 Å². The lowest BCUT2D eigenvalue weighted by Gasteiger charge is -2.28. The van der Waals surface area contributed by atoms with Crippen molar-refractivity contribution in [3.63, 3.8) is 0 Å². The van der Waals surface area contributed by atoms with E-state index < -0.39 is 0 Å². The van der Waals surface area contributed by atoms with E-state index in [9.17, 15) is 0 Å². The lowest BCUT2D eigenvalue weighted by Crippen LogP contribution is -2.37. The molecule has 0 spiro atoms. The molecule has 172 valence electrons. The van der Waals surface area contributed by atoms with E-state index in [1.807, 2.05) is 10.9 Å². The maximum atomic E-state index is 7.00. The van der Waals surface area contributed by atoms with Gasteiger partial charge in [-0.25, -0.2) is 14.6 Å². The Morgan fingerprint density at radius 2 is 1.78 bits per heavy atom. The summed E-state index contributed by atoms with van der Waals surface area (Å²) in [5.74, 6) is 3.27. The van der Waals surface area contributed by atoms with Gasteiger partial charge >= 0.3 is 0 Å². The molecule has 0 bridgehead atoms. The number of aryl methyl sites for hydroxylation is 2. The number of piperidine rings is 1. The van der Waals surface area contributed by atoms with Gasteiger partial charge in [-0.2, -0.15) is 5.10 Å². The monoisotopic (exact) mass is 438 g/mol. The summed E-state index contributed by atoms with van der Waals surface area (Å²) in [6.45, 7) is 9.71. The highest BCUT2D eigenvalue weighted by Crippen LogP contribution is 2.32. The quantitative estimate of drug-likeness (QED) is 0.647. The van der Waals surface area contributed by atoms with E-state index in [0.29, 0.717) is 5.92 Å². The van der Waals surface area contributed by atoms with Crippen LogP contribution in [-0.4, -0.2) is 71.4 Å². The van der Waals surface area contributed by atoms with Crippen molar-refractivity contribution in [1.29, 1.82) is 0 Å². The minimum absolute atomic E-state index is 0.611. The minimum atomic E-state index is 0.611. The molecule has 0 aliphatic carbocycles. The van der Waals surface area contributed by atoms with Gasteiger partial charge in [-0.15, -0.1) is 0 Å². The molecule has 4 heterocycles. The second-order valence-corrected chi connectivity index (χ2v) is 8.30. The van der Waals surface area contributed by atoms with Crippen LogP contribution >= 0.6 is 0 Å². The predicted molar refractivity (Wildman–Crippen MR) is 127 cm³/mol. The summed E-state index contributed by atoms with van der Waals surface area (Å²) >= 11 is 0. The predicted octanol–water partition coefficient (Wildman–Crippen LogP) is 2.60. The van der Waals surface area contributed by atoms with Crippen LogP contribution in [0.3, 0.4) is 0 Å². The van der Waals surface area contributed by atoms with Crippen molar-refractivity contribution in [2.24, 2.45) is 0 Å². The lowest BCUT2D eigenvalue weighted by atomic mass is 9.87. The number of anilines is 1. The fourth-order valence-corrected chi connectivity index (χ4v) is 4.65. The molecular formula is C24H34N6O2. The number of fused-ring (bicyclic) bond motifs is 1. The molecule has 8 heteroatoms. The zero-order chi connectivity index (χ0) is 22.5. The number of aliphatic hydroxyl groups is 1. The Balaban J connectivity index is 0.00000119. The number of morpholine rings is 1. The third kappa shape index (κ3) is 4.62. The zero-order valence-corrected chi connectivity index (χ0v) is 19.3. The maximum absolute atomic E-state index is 7.00. The highest BCUT2D eigenvalue weighted by molar-refractivity contribution is 5.82. The number of nitrogens with zero attached hydrogens (tertiary/aromatic N) is 5. The van der Waals surface area contributed by atoms with E-state index in [1.165, 1.54) is 24.0 Å². The van der Waals surface area contributed by atoms with Gasteiger partial charge in [-0.3, -0.25) is 0 Å². The van der Waals surface area contributed by atoms with Gasteiger partial charge < -0.3 is 20.1 Å². The number of hydrogen-bond acceptors (Lipinski definition) is 7. The highest BCUT2D eigenvalue weighted by atomic mass is 16.5. The first kappa shape index (κ1) is 22.6. The van der Waals surface area contributed by atoms with Gasteiger partial charge in [0.25, 0.3) is 0 Å². The summed E-state index contributed by atoms with van der Waals surface area (Å²) in [6, 6.07) is 6.69. The average Bonchev–Trinajstić information content (AvgIpc) is 3.28. The van der Waals surface area contributed by atoms with E-state index in [2.05, 4.69) is 42.3 Å². The molecule has 1 aromatic carbocycles. The maximum Gasteiger partial charge on any atom is 0.159 e. The Bertz CT molecular complexity index is 1040. The lowest BCUT2D eigenvalue weighted by molar-refractivity contribution is 0.122. The molecule has 8 nitrogen and oxygen atoms in total. The standard InChI is InChI=1S/C23H30N6O.CH4O/c1-3-21-26-22(28-8-10-30-11-9-28)14-23(27-21)29-20-13-19(17-4-6-24-7-5-17)16(2)12-18(20)15-25-29;1-2/h12-15,17,24H,3-11H2,1-2H3;2H,1H3. The van der Waals surface area contributed by atoms with Crippen LogP contribution in [0.25, 0.3) is 16.7 Å². The normalized spacial score (nSPS) is 17.3. The van der Waals surface area contributed by atoms with Crippen LogP contribution in [0, 0.1) is 6.92 Å². The van der Waals surface area contributed by atoms with Gasteiger partial charge in [-0.1, -0.05) is 6.92 Å². The van der Waals surface area contributed by atoms with Gasteiger partial charge in [0.05, 0.1) is 24.9 Å². The molecular weight excluding hydrogens is 404 g/mol. The number of aliphatic hydroxyl groups excluding tert-OH is 1. The summed E-state index contributed by atoms with van der Waals surface area (Å²) in [5, 5.41) is 16.4. The third-order valence-electron chi connectivity index (χ3n) is 6.35. The van der Waals surface area contributed by atoms with Gasteiger partial charge in [0.2, 0.25) is 0 Å². The number of benzene rings is 1. The summed E-state index contributed by atoms with van der Waals surface area (Å²) < 4.78 is 7.50. The summed E-state index contributed by atoms with van der Waals surface area (Å²) in [7, 11) is 1.00. The molecule has 2 saturated heterocycles. The highest BCUT2D eigenvalue weighted by Gasteiger charge is 2.20. The van der Waals surface area contributed by atoms with E-state index >= 15 is 0 Å².